The predicted octanol–water partition coefficient (Wildman–Crippen LogP) is 2.20. The molecule has 0 aliphatic carbocycles. The van der Waals surface area contributed by atoms with Crippen molar-refractivity contribution in [2.45, 2.75) is 19.2 Å². The number of hydrogen-bond acceptors (Lipinski definition) is 7. The maximum absolute atomic E-state index is 13.0. The Hall–Kier alpha value is -3.18. The minimum atomic E-state index is -4.40. The molecule has 0 radical (unpaired) electrons. The lowest BCUT2D eigenvalue weighted by atomic mass is 10.1. The van der Waals surface area contributed by atoms with Crippen LogP contribution in [0.1, 0.15) is 32.0 Å². The van der Waals surface area contributed by atoms with Crippen molar-refractivity contribution in [1.29, 1.82) is 0 Å². The fourth-order valence-electron chi connectivity index (χ4n) is 4.34. The second kappa shape index (κ2) is 9.22. The van der Waals surface area contributed by atoms with Crippen LogP contribution in [0.5, 0.6) is 5.88 Å². The Kier molecular flexibility index (Phi) is 6.50. The quantitative estimate of drug-likeness (QED) is 0.637. The highest BCUT2D eigenvalue weighted by molar-refractivity contribution is 6.22. The number of pyridine rings is 1. The molecule has 2 amide bonds. The van der Waals surface area contributed by atoms with E-state index < -0.39 is 29.7 Å². The average molecular weight is 478 g/mol. The molecule has 1 N–H and O–H groups in total. The number of carbonyl (C=O) groups is 2. The average Bonchev–Trinajstić information content (AvgIpc) is 3.03. The van der Waals surface area contributed by atoms with Gasteiger partial charge in [-0.2, -0.15) is 13.2 Å². The molecule has 2 aliphatic heterocycles. The van der Waals surface area contributed by atoms with Crippen molar-refractivity contribution in [3.63, 3.8) is 0 Å². The molecule has 2 aliphatic rings. The van der Waals surface area contributed by atoms with Crippen molar-refractivity contribution in [3.8, 4) is 5.88 Å². The summed E-state index contributed by atoms with van der Waals surface area (Å²) in [4.78, 5) is 34.5. The van der Waals surface area contributed by atoms with Crippen LogP contribution in [-0.2, 0) is 6.18 Å². The predicted molar refractivity (Wildman–Crippen MR) is 117 cm³/mol. The third kappa shape index (κ3) is 4.71. The Bertz CT molecular complexity index is 1100. The number of fused-ring (bicyclic) bond motifs is 1. The van der Waals surface area contributed by atoms with Gasteiger partial charge in [0, 0.05) is 44.1 Å². The Morgan fingerprint density at radius 3 is 2.44 bits per heavy atom. The number of β-amino-alcohol motifs (C(OH)–C–C–N with tert-alkyl or cyclic N) is 1. The molecule has 1 atom stereocenters. The first-order valence-electron chi connectivity index (χ1n) is 10.8. The van der Waals surface area contributed by atoms with Crippen LogP contribution in [0, 0.1) is 6.92 Å². The summed E-state index contributed by atoms with van der Waals surface area (Å²) in [5, 5.41) is 10.6. The zero-order valence-corrected chi connectivity index (χ0v) is 18.8. The fourth-order valence-corrected chi connectivity index (χ4v) is 4.34. The second-order valence-electron chi connectivity index (χ2n) is 8.41. The van der Waals surface area contributed by atoms with E-state index in [2.05, 4.69) is 4.98 Å². The van der Waals surface area contributed by atoms with Crippen molar-refractivity contribution in [2.75, 3.05) is 51.3 Å². The van der Waals surface area contributed by atoms with Gasteiger partial charge in [0.2, 0.25) is 5.88 Å². The topological polar surface area (TPSA) is 86.2 Å². The summed E-state index contributed by atoms with van der Waals surface area (Å²) in [5.74, 6) is -0.981. The number of aromatic nitrogens is 1. The normalized spacial score (nSPS) is 17.8. The lowest BCUT2D eigenvalue weighted by molar-refractivity contribution is -0.137. The zero-order chi connectivity index (χ0) is 24.6. The monoisotopic (exact) mass is 478 g/mol. The number of anilines is 1. The molecule has 2 aromatic rings. The molecule has 1 aromatic heterocycles. The zero-order valence-electron chi connectivity index (χ0n) is 18.8. The first-order valence-corrected chi connectivity index (χ1v) is 10.8. The molecule has 8 nitrogen and oxygen atoms in total. The van der Waals surface area contributed by atoms with Crippen molar-refractivity contribution in [2.24, 2.45) is 0 Å². The number of imide groups is 1. The van der Waals surface area contributed by atoms with E-state index in [0.29, 0.717) is 37.6 Å². The van der Waals surface area contributed by atoms with Gasteiger partial charge in [0.25, 0.3) is 11.8 Å². The summed E-state index contributed by atoms with van der Waals surface area (Å²) in [6.45, 7) is 3.75. The van der Waals surface area contributed by atoms with Crippen LogP contribution in [0.4, 0.5) is 18.9 Å². The van der Waals surface area contributed by atoms with Crippen LogP contribution in [0.25, 0.3) is 0 Å². The Balaban J connectivity index is 1.34. The third-order valence-corrected chi connectivity index (χ3v) is 6.02. The molecule has 0 spiro atoms. The van der Waals surface area contributed by atoms with Gasteiger partial charge in [-0.25, -0.2) is 4.98 Å². The second-order valence-corrected chi connectivity index (χ2v) is 8.41. The van der Waals surface area contributed by atoms with E-state index in [4.69, 9.17) is 4.74 Å². The smallest absolute Gasteiger partial charge is 0.416 e. The summed E-state index contributed by atoms with van der Waals surface area (Å²) < 4.78 is 44.1. The van der Waals surface area contributed by atoms with E-state index >= 15 is 0 Å². The molecule has 1 saturated heterocycles. The molecule has 11 heteroatoms. The molecule has 4 rings (SSSR count). The van der Waals surface area contributed by atoms with Gasteiger partial charge in [0.1, 0.15) is 5.56 Å². The van der Waals surface area contributed by atoms with E-state index in [1.165, 1.54) is 19.2 Å². The number of methoxy groups -OCH3 is 1. The summed E-state index contributed by atoms with van der Waals surface area (Å²) in [6, 6.07) is 6.74. The number of alkyl halides is 3. The van der Waals surface area contributed by atoms with Crippen LogP contribution >= 0.6 is 0 Å². The van der Waals surface area contributed by atoms with Gasteiger partial charge in [-0.15, -0.1) is 0 Å². The van der Waals surface area contributed by atoms with Gasteiger partial charge >= 0.3 is 6.18 Å². The maximum atomic E-state index is 13.0. The Morgan fingerprint density at radius 2 is 1.79 bits per heavy atom. The molecular weight excluding hydrogens is 453 g/mol. The van der Waals surface area contributed by atoms with E-state index in [-0.39, 0.29) is 30.1 Å². The number of nitrogens with zero attached hydrogens (tertiary/aromatic N) is 4. The van der Waals surface area contributed by atoms with Crippen molar-refractivity contribution in [1.82, 2.24) is 14.8 Å². The first kappa shape index (κ1) is 24.0. The molecule has 1 aromatic carbocycles. The van der Waals surface area contributed by atoms with E-state index in [9.17, 15) is 27.9 Å². The summed E-state index contributed by atoms with van der Waals surface area (Å²) in [5.41, 5.74) is 0.652. The standard InChI is InChI=1S/C23H25F3N4O4/c1-14-10-18-19(20(27-14)34-2)22(33)30(21(18)32)13-17(31)12-28-6-8-29(9-7-28)16-5-3-4-15(11-16)23(24,25)26/h3-5,10-11,17,31H,6-9,12-13H2,1-2H3. The number of benzene rings is 1. The Morgan fingerprint density at radius 1 is 1.09 bits per heavy atom. The van der Waals surface area contributed by atoms with Gasteiger partial charge < -0.3 is 14.7 Å². The highest BCUT2D eigenvalue weighted by Gasteiger charge is 2.40. The fraction of sp³-hybridized carbons (Fsp3) is 0.435. The minimum absolute atomic E-state index is 0.0797. The third-order valence-electron chi connectivity index (χ3n) is 6.02. The number of aryl methyl sites for hydroxylation is 1. The van der Waals surface area contributed by atoms with Gasteiger partial charge in [-0.05, 0) is 31.2 Å². The number of amides is 2. The molecular formula is C23H25F3N4O4. The van der Waals surface area contributed by atoms with Crippen LogP contribution in [-0.4, -0.2) is 84.2 Å². The van der Waals surface area contributed by atoms with Crippen molar-refractivity contribution >= 4 is 17.5 Å². The Labute approximate surface area is 194 Å². The highest BCUT2D eigenvalue weighted by Crippen LogP contribution is 2.32. The lowest BCUT2D eigenvalue weighted by Crippen LogP contribution is -2.50. The van der Waals surface area contributed by atoms with Crippen LogP contribution in [0.3, 0.4) is 0 Å². The van der Waals surface area contributed by atoms with E-state index in [1.807, 2.05) is 9.80 Å². The number of halogens is 3. The number of carbonyl (C=O) groups excluding carboxylic acids is 2. The van der Waals surface area contributed by atoms with Gasteiger partial charge in [0.05, 0.1) is 30.9 Å². The van der Waals surface area contributed by atoms with E-state index in [1.54, 1.807) is 13.0 Å². The first-order chi connectivity index (χ1) is 16.1. The number of aliphatic hydroxyl groups excluding tert-OH is 1. The number of rotatable bonds is 6. The summed E-state index contributed by atoms with van der Waals surface area (Å²) in [6.07, 6.45) is -5.38. The van der Waals surface area contributed by atoms with Crippen molar-refractivity contribution in [3.05, 3.63) is 52.7 Å². The molecule has 0 saturated carbocycles. The largest absolute Gasteiger partial charge is 0.480 e. The minimum Gasteiger partial charge on any atom is -0.480 e. The SMILES string of the molecule is COc1nc(C)cc2c1C(=O)N(CC(O)CN1CCN(c3cccc(C(F)(F)F)c3)CC1)C2=O. The maximum Gasteiger partial charge on any atom is 0.416 e. The summed E-state index contributed by atoms with van der Waals surface area (Å²) in [7, 11) is 1.37. The van der Waals surface area contributed by atoms with Crippen LogP contribution in [0.2, 0.25) is 0 Å². The number of piperazine rings is 1. The molecule has 1 fully saturated rings. The molecule has 182 valence electrons. The number of ether oxygens (including phenoxy) is 1. The van der Waals surface area contributed by atoms with Crippen LogP contribution < -0.4 is 9.64 Å². The van der Waals surface area contributed by atoms with Gasteiger partial charge in [-0.1, -0.05) is 6.07 Å². The van der Waals surface area contributed by atoms with Crippen molar-refractivity contribution < 1.29 is 32.6 Å². The summed E-state index contributed by atoms with van der Waals surface area (Å²) >= 11 is 0. The number of hydrogen-bond donors (Lipinski definition) is 1. The molecule has 1 unspecified atom stereocenters. The lowest BCUT2D eigenvalue weighted by Gasteiger charge is -2.37. The van der Waals surface area contributed by atoms with Gasteiger partial charge in [-0.3, -0.25) is 19.4 Å². The van der Waals surface area contributed by atoms with E-state index in [0.717, 1.165) is 17.0 Å². The van der Waals surface area contributed by atoms with Crippen LogP contribution in [0.15, 0.2) is 30.3 Å². The van der Waals surface area contributed by atoms with Gasteiger partial charge in [0.15, 0.2) is 0 Å². The molecule has 34 heavy (non-hydrogen) atoms. The highest BCUT2D eigenvalue weighted by atomic mass is 19.4. The molecule has 0 bridgehead atoms. The number of aliphatic hydroxyl groups is 1. The molecule has 3 heterocycles.